The molecule has 5 nitrogen and oxygen atoms in total. The van der Waals surface area contributed by atoms with Gasteiger partial charge in [-0.05, 0) is 53.4 Å². The first-order chi connectivity index (χ1) is 9.63. The number of rotatable bonds is 4. The number of nitrogens with two attached hydrogens (primary N) is 1. The third-order valence-corrected chi connectivity index (χ3v) is 5.25. The van der Waals surface area contributed by atoms with Crippen LogP contribution >= 0.6 is 0 Å². The summed E-state index contributed by atoms with van der Waals surface area (Å²) in [5, 5.41) is 3.11. The van der Waals surface area contributed by atoms with Gasteiger partial charge < -0.3 is 16.0 Å². The molecule has 2 amide bonds. The Labute approximate surface area is 127 Å². The number of hydrogen-bond acceptors (Lipinski definition) is 3. The molecular formula is C16H29N3O2. The van der Waals surface area contributed by atoms with Crippen LogP contribution in [0.25, 0.3) is 0 Å². The van der Waals surface area contributed by atoms with Crippen molar-refractivity contribution in [3.8, 4) is 0 Å². The van der Waals surface area contributed by atoms with Crippen LogP contribution < -0.4 is 11.1 Å². The largest absolute Gasteiger partial charge is 0.353 e. The highest BCUT2D eigenvalue weighted by molar-refractivity contribution is 5.84. The first-order valence-electron chi connectivity index (χ1n) is 8.01. The minimum absolute atomic E-state index is 0.00182. The van der Waals surface area contributed by atoms with Crippen molar-refractivity contribution in [3.63, 3.8) is 0 Å². The van der Waals surface area contributed by atoms with Gasteiger partial charge in [-0.3, -0.25) is 9.59 Å². The molecule has 5 heteroatoms. The van der Waals surface area contributed by atoms with Crippen LogP contribution in [0.1, 0.15) is 53.4 Å². The summed E-state index contributed by atoms with van der Waals surface area (Å²) in [4.78, 5) is 26.4. The molecule has 1 aliphatic carbocycles. The average Bonchev–Trinajstić information content (AvgIpc) is 3.21. The summed E-state index contributed by atoms with van der Waals surface area (Å²) in [5.74, 6) is 0.596. The first-order valence-corrected chi connectivity index (χ1v) is 8.01. The first kappa shape index (κ1) is 16.3. The van der Waals surface area contributed by atoms with Gasteiger partial charge in [0.1, 0.15) is 0 Å². The SMILES string of the molecule is CC(C)(N)C(C)(C)C(=O)NC1CCN(C(=O)C2CC2)CC1. The second-order valence-corrected chi connectivity index (χ2v) is 7.69. The Kier molecular flexibility index (Phi) is 4.34. The van der Waals surface area contributed by atoms with Gasteiger partial charge in [-0.15, -0.1) is 0 Å². The van der Waals surface area contributed by atoms with Crippen molar-refractivity contribution in [1.82, 2.24) is 10.2 Å². The number of nitrogens with one attached hydrogen (secondary N) is 1. The minimum Gasteiger partial charge on any atom is -0.353 e. The highest BCUT2D eigenvalue weighted by Crippen LogP contribution is 2.32. The van der Waals surface area contributed by atoms with Gasteiger partial charge in [0, 0.05) is 30.6 Å². The van der Waals surface area contributed by atoms with Crippen molar-refractivity contribution >= 4 is 11.8 Å². The molecule has 1 saturated carbocycles. The predicted molar refractivity (Wildman–Crippen MR) is 82.5 cm³/mol. The van der Waals surface area contributed by atoms with Crippen molar-refractivity contribution in [2.45, 2.75) is 65.0 Å². The van der Waals surface area contributed by atoms with E-state index >= 15 is 0 Å². The summed E-state index contributed by atoms with van der Waals surface area (Å²) in [6.07, 6.45) is 3.78. The number of amides is 2. The van der Waals surface area contributed by atoms with E-state index in [-0.39, 0.29) is 17.9 Å². The van der Waals surface area contributed by atoms with E-state index in [2.05, 4.69) is 5.32 Å². The summed E-state index contributed by atoms with van der Waals surface area (Å²) in [6.45, 7) is 9.04. The molecule has 0 unspecified atom stereocenters. The third kappa shape index (κ3) is 3.57. The van der Waals surface area contributed by atoms with E-state index in [0.717, 1.165) is 38.8 Å². The predicted octanol–water partition coefficient (Wildman–Crippen LogP) is 1.27. The molecule has 21 heavy (non-hydrogen) atoms. The second kappa shape index (κ2) is 5.59. The van der Waals surface area contributed by atoms with E-state index in [0.29, 0.717) is 5.91 Å². The zero-order valence-electron chi connectivity index (χ0n) is 13.7. The van der Waals surface area contributed by atoms with E-state index < -0.39 is 11.0 Å². The Morgan fingerprint density at radius 2 is 1.57 bits per heavy atom. The summed E-state index contributed by atoms with van der Waals surface area (Å²) in [5.41, 5.74) is 4.92. The van der Waals surface area contributed by atoms with Crippen molar-refractivity contribution in [2.24, 2.45) is 17.1 Å². The number of hydrogen-bond donors (Lipinski definition) is 2. The van der Waals surface area contributed by atoms with Crippen LogP contribution in [0.15, 0.2) is 0 Å². The highest BCUT2D eigenvalue weighted by Gasteiger charge is 2.41. The molecule has 0 spiro atoms. The van der Waals surface area contributed by atoms with Crippen molar-refractivity contribution in [2.75, 3.05) is 13.1 Å². The number of piperidine rings is 1. The lowest BCUT2D eigenvalue weighted by atomic mass is 9.74. The number of likely N-dealkylation sites (tertiary alicyclic amines) is 1. The van der Waals surface area contributed by atoms with Gasteiger partial charge in [0.25, 0.3) is 0 Å². The number of nitrogens with zero attached hydrogens (tertiary/aromatic N) is 1. The third-order valence-electron chi connectivity index (χ3n) is 5.25. The lowest BCUT2D eigenvalue weighted by Gasteiger charge is -2.39. The molecular weight excluding hydrogens is 266 g/mol. The quantitative estimate of drug-likeness (QED) is 0.820. The van der Waals surface area contributed by atoms with Crippen LogP contribution in [0.5, 0.6) is 0 Å². The molecule has 1 heterocycles. The molecule has 1 aliphatic heterocycles. The lowest BCUT2D eigenvalue weighted by Crippen LogP contribution is -2.58. The topological polar surface area (TPSA) is 75.4 Å². The fourth-order valence-corrected chi connectivity index (χ4v) is 2.49. The van der Waals surface area contributed by atoms with E-state index in [1.54, 1.807) is 0 Å². The number of carbonyl (C=O) groups is 2. The monoisotopic (exact) mass is 295 g/mol. The van der Waals surface area contributed by atoms with Crippen LogP contribution in [0, 0.1) is 11.3 Å². The summed E-state index contributed by atoms with van der Waals surface area (Å²) in [7, 11) is 0. The summed E-state index contributed by atoms with van der Waals surface area (Å²) >= 11 is 0. The average molecular weight is 295 g/mol. The molecule has 0 bridgehead atoms. The van der Waals surface area contributed by atoms with Gasteiger partial charge in [0.2, 0.25) is 11.8 Å². The normalized spacial score (nSPS) is 21.3. The fourth-order valence-electron chi connectivity index (χ4n) is 2.49. The van der Waals surface area contributed by atoms with Gasteiger partial charge in [-0.25, -0.2) is 0 Å². The Hall–Kier alpha value is -1.10. The van der Waals surface area contributed by atoms with Crippen LogP contribution in [-0.4, -0.2) is 41.4 Å². The maximum Gasteiger partial charge on any atom is 0.227 e. The Morgan fingerprint density at radius 1 is 1.05 bits per heavy atom. The molecule has 2 rings (SSSR count). The molecule has 2 aliphatic rings. The highest BCUT2D eigenvalue weighted by atomic mass is 16.2. The smallest absolute Gasteiger partial charge is 0.227 e. The molecule has 0 aromatic carbocycles. The molecule has 0 radical (unpaired) electrons. The van der Waals surface area contributed by atoms with Crippen LogP contribution in [0.3, 0.4) is 0 Å². The molecule has 0 atom stereocenters. The number of carbonyl (C=O) groups excluding carboxylic acids is 2. The molecule has 0 aromatic heterocycles. The van der Waals surface area contributed by atoms with Crippen molar-refractivity contribution < 1.29 is 9.59 Å². The van der Waals surface area contributed by atoms with Gasteiger partial charge >= 0.3 is 0 Å². The van der Waals surface area contributed by atoms with E-state index in [4.69, 9.17) is 5.73 Å². The molecule has 3 N–H and O–H groups in total. The van der Waals surface area contributed by atoms with Gasteiger partial charge in [0.15, 0.2) is 0 Å². The second-order valence-electron chi connectivity index (χ2n) is 7.69. The van der Waals surface area contributed by atoms with Crippen molar-refractivity contribution in [3.05, 3.63) is 0 Å². The van der Waals surface area contributed by atoms with Crippen LogP contribution in [0.2, 0.25) is 0 Å². The van der Waals surface area contributed by atoms with Gasteiger partial charge in [-0.1, -0.05) is 0 Å². The Morgan fingerprint density at radius 3 is 2.00 bits per heavy atom. The summed E-state index contributed by atoms with van der Waals surface area (Å²) < 4.78 is 0. The van der Waals surface area contributed by atoms with Crippen LogP contribution in [-0.2, 0) is 9.59 Å². The maximum absolute atomic E-state index is 12.4. The van der Waals surface area contributed by atoms with Gasteiger partial charge in [-0.2, -0.15) is 0 Å². The Balaban J connectivity index is 1.83. The van der Waals surface area contributed by atoms with Crippen molar-refractivity contribution in [1.29, 1.82) is 0 Å². The van der Waals surface area contributed by atoms with E-state index in [1.807, 2.05) is 32.6 Å². The minimum atomic E-state index is -0.617. The lowest BCUT2D eigenvalue weighted by molar-refractivity contribution is -0.135. The zero-order chi connectivity index (χ0) is 15.8. The molecule has 0 aromatic rings. The van der Waals surface area contributed by atoms with Crippen LogP contribution in [0.4, 0.5) is 0 Å². The van der Waals surface area contributed by atoms with Gasteiger partial charge in [0.05, 0.1) is 5.41 Å². The zero-order valence-corrected chi connectivity index (χ0v) is 13.7. The standard InChI is InChI=1S/C16H29N3O2/c1-15(2,16(3,4)17)14(21)18-12-7-9-19(10-8-12)13(20)11-5-6-11/h11-12H,5-10,17H2,1-4H3,(H,18,21). The molecule has 1 saturated heterocycles. The van der Waals surface area contributed by atoms with E-state index in [9.17, 15) is 9.59 Å². The molecule has 120 valence electrons. The molecule has 2 fully saturated rings. The van der Waals surface area contributed by atoms with E-state index in [1.165, 1.54) is 0 Å². The fraction of sp³-hybridized carbons (Fsp3) is 0.875. The Bertz CT molecular complexity index is 414. The maximum atomic E-state index is 12.4. The summed E-state index contributed by atoms with van der Waals surface area (Å²) in [6, 6.07) is 0.155.